The lowest BCUT2D eigenvalue weighted by Crippen LogP contribution is -2.30. The van der Waals surface area contributed by atoms with Gasteiger partial charge in [-0.3, -0.25) is 14.4 Å². The summed E-state index contributed by atoms with van der Waals surface area (Å²) in [6, 6.07) is 0. The van der Waals surface area contributed by atoms with Gasteiger partial charge in [0.2, 0.25) is 0 Å². The summed E-state index contributed by atoms with van der Waals surface area (Å²) in [6.07, 6.45) is 42.7. The van der Waals surface area contributed by atoms with E-state index in [1.165, 1.54) is 89.9 Å². The summed E-state index contributed by atoms with van der Waals surface area (Å²) in [5.74, 6) is -1.06. The van der Waals surface area contributed by atoms with E-state index in [0.29, 0.717) is 25.7 Å². The molecule has 0 aromatic carbocycles. The van der Waals surface area contributed by atoms with Gasteiger partial charge in [-0.2, -0.15) is 0 Å². The van der Waals surface area contributed by atoms with E-state index in [1.54, 1.807) is 0 Å². The van der Waals surface area contributed by atoms with E-state index in [4.69, 9.17) is 14.2 Å². The molecule has 0 aliphatic carbocycles. The lowest BCUT2D eigenvalue weighted by Gasteiger charge is -2.18. The monoisotopic (exact) mass is 687 g/mol. The largest absolute Gasteiger partial charge is 0.462 e. The molecule has 0 aliphatic heterocycles. The summed E-state index contributed by atoms with van der Waals surface area (Å²) in [6.45, 7) is 6.42. The number of unbranched alkanes of at least 4 members (excludes halogenated alkanes) is 16. The predicted octanol–water partition coefficient (Wildman–Crippen LogP) is 12.4. The molecule has 0 heterocycles. The van der Waals surface area contributed by atoms with Crippen LogP contribution in [0.15, 0.2) is 48.6 Å². The third-order valence-electron chi connectivity index (χ3n) is 8.29. The van der Waals surface area contributed by atoms with E-state index in [1.807, 2.05) is 6.08 Å². The van der Waals surface area contributed by atoms with Crippen LogP contribution in [0.2, 0.25) is 0 Å². The Morgan fingerprint density at radius 1 is 0.408 bits per heavy atom. The van der Waals surface area contributed by atoms with Gasteiger partial charge in [-0.15, -0.1) is 0 Å². The van der Waals surface area contributed by atoms with Crippen LogP contribution in [0, 0.1) is 0 Å². The quantitative estimate of drug-likeness (QED) is 0.0286. The summed E-state index contributed by atoms with van der Waals surface area (Å²) in [7, 11) is 0. The van der Waals surface area contributed by atoms with Crippen molar-refractivity contribution in [1.82, 2.24) is 0 Å². The minimum Gasteiger partial charge on any atom is -0.462 e. The molecule has 0 N–H and O–H groups in total. The first kappa shape index (κ1) is 46.4. The van der Waals surface area contributed by atoms with Crippen LogP contribution in [0.1, 0.15) is 188 Å². The number of allylic oxidation sites excluding steroid dienone is 8. The summed E-state index contributed by atoms with van der Waals surface area (Å²) in [5.41, 5.74) is 0. The Bertz CT molecular complexity index is 887. The van der Waals surface area contributed by atoms with Gasteiger partial charge >= 0.3 is 17.9 Å². The molecular weight excluding hydrogens is 612 g/mol. The highest BCUT2D eigenvalue weighted by molar-refractivity contribution is 5.71. The molecule has 1 atom stereocenters. The van der Waals surface area contributed by atoms with E-state index in [0.717, 1.165) is 38.5 Å². The summed E-state index contributed by atoms with van der Waals surface area (Å²) < 4.78 is 16.4. The fourth-order valence-electron chi connectivity index (χ4n) is 5.21. The highest BCUT2D eigenvalue weighted by atomic mass is 16.6. The molecule has 0 saturated heterocycles. The van der Waals surface area contributed by atoms with Crippen molar-refractivity contribution in [3.05, 3.63) is 48.6 Å². The van der Waals surface area contributed by atoms with E-state index < -0.39 is 6.10 Å². The SMILES string of the molecule is CCCCCC/C=C\CCCC(=O)OCC(COC(=O)CC/C=C\C/C=C\CCCCCCCC)OC(=O)CCC/C=C\CCCCCC. The summed E-state index contributed by atoms with van der Waals surface area (Å²) in [5, 5.41) is 0. The number of ether oxygens (including phenoxy) is 3. The number of carbonyl (C=O) groups excluding carboxylic acids is 3. The fraction of sp³-hybridized carbons (Fsp3) is 0.744. The Balaban J connectivity index is 4.50. The number of rotatable bonds is 35. The fourth-order valence-corrected chi connectivity index (χ4v) is 5.21. The van der Waals surface area contributed by atoms with Crippen LogP contribution in [-0.4, -0.2) is 37.2 Å². The van der Waals surface area contributed by atoms with Crippen LogP contribution < -0.4 is 0 Å². The maximum atomic E-state index is 12.6. The smallest absolute Gasteiger partial charge is 0.306 e. The third kappa shape index (κ3) is 36.5. The van der Waals surface area contributed by atoms with Gasteiger partial charge < -0.3 is 14.2 Å². The van der Waals surface area contributed by atoms with Crippen molar-refractivity contribution in [1.29, 1.82) is 0 Å². The second-order valence-corrected chi connectivity index (χ2v) is 13.2. The molecule has 0 aromatic heterocycles. The molecule has 0 spiro atoms. The topological polar surface area (TPSA) is 78.9 Å². The zero-order valence-electron chi connectivity index (χ0n) is 31.9. The molecule has 0 bridgehead atoms. The zero-order chi connectivity index (χ0) is 35.9. The molecule has 0 aromatic rings. The van der Waals surface area contributed by atoms with Crippen molar-refractivity contribution in [2.75, 3.05) is 13.2 Å². The lowest BCUT2D eigenvalue weighted by molar-refractivity contribution is -0.166. The van der Waals surface area contributed by atoms with Gasteiger partial charge in [0.05, 0.1) is 0 Å². The Morgan fingerprint density at radius 2 is 0.776 bits per heavy atom. The van der Waals surface area contributed by atoms with Crippen molar-refractivity contribution in [2.45, 2.75) is 194 Å². The van der Waals surface area contributed by atoms with Gasteiger partial charge in [0, 0.05) is 19.3 Å². The van der Waals surface area contributed by atoms with Crippen LogP contribution in [0.25, 0.3) is 0 Å². The normalized spacial score (nSPS) is 12.5. The van der Waals surface area contributed by atoms with Crippen molar-refractivity contribution < 1.29 is 28.6 Å². The average molecular weight is 687 g/mol. The zero-order valence-corrected chi connectivity index (χ0v) is 31.9. The van der Waals surface area contributed by atoms with Gasteiger partial charge in [0.1, 0.15) is 13.2 Å². The molecule has 282 valence electrons. The molecule has 0 aliphatic rings. The molecule has 0 fully saturated rings. The van der Waals surface area contributed by atoms with E-state index in [2.05, 4.69) is 63.3 Å². The Kier molecular flexibility index (Phi) is 36.1. The Hall–Kier alpha value is -2.63. The maximum absolute atomic E-state index is 12.6. The summed E-state index contributed by atoms with van der Waals surface area (Å²) >= 11 is 0. The Labute approximate surface area is 301 Å². The highest BCUT2D eigenvalue weighted by Gasteiger charge is 2.19. The molecule has 0 rings (SSSR count). The molecule has 49 heavy (non-hydrogen) atoms. The number of carbonyl (C=O) groups is 3. The minimum absolute atomic E-state index is 0.117. The molecule has 0 radical (unpaired) electrons. The van der Waals surface area contributed by atoms with Gasteiger partial charge in [-0.1, -0.05) is 140 Å². The molecule has 1 unspecified atom stereocenters. The second kappa shape index (κ2) is 38.2. The highest BCUT2D eigenvalue weighted by Crippen LogP contribution is 2.10. The average Bonchev–Trinajstić information content (AvgIpc) is 3.10. The Morgan fingerprint density at radius 3 is 1.29 bits per heavy atom. The number of hydrogen-bond donors (Lipinski definition) is 0. The molecule has 6 nitrogen and oxygen atoms in total. The molecule has 0 amide bonds. The standard InChI is InChI=1S/C43H74O6/c1-4-7-10-13-16-19-20-21-22-25-27-30-33-36-42(45)48-39-40(49-43(46)37-34-31-28-24-18-15-12-9-6-3)38-47-41(44)35-32-29-26-23-17-14-11-8-5-2/h21-24,26-28,30,40H,4-20,25,29,31-39H2,1-3H3/b22-21-,26-23-,28-24-,30-27-. The van der Waals surface area contributed by atoms with Crippen LogP contribution in [0.5, 0.6) is 0 Å². The summed E-state index contributed by atoms with van der Waals surface area (Å²) in [4.78, 5) is 37.3. The van der Waals surface area contributed by atoms with Gasteiger partial charge in [-0.05, 0) is 77.0 Å². The van der Waals surface area contributed by atoms with Gasteiger partial charge in [0.25, 0.3) is 0 Å². The molecule has 6 heteroatoms. The molecular formula is C43H74O6. The van der Waals surface area contributed by atoms with Crippen molar-refractivity contribution in [3.8, 4) is 0 Å². The first-order valence-electron chi connectivity index (χ1n) is 20.1. The number of hydrogen-bond acceptors (Lipinski definition) is 6. The van der Waals surface area contributed by atoms with Crippen molar-refractivity contribution >= 4 is 17.9 Å². The first-order valence-corrected chi connectivity index (χ1v) is 20.1. The van der Waals surface area contributed by atoms with Crippen LogP contribution >= 0.6 is 0 Å². The van der Waals surface area contributed by atoms with E-state index >= 15 is 0 Å². The van der Waals surface area contributed by atoms with Crippen LogP contribution in [0.3, 0.4) is 0 Å². The van der Waals surface area contributed by atoms with Gasteiger partial charge in [0.15, 0.2) is 6.10 Å². The third-order valence-corrected chi connectivity index (χ3v) is 8.29. The van der Waals surface area contributed by atoms with Crippen LogP contribution in [0.4, 0.5) is 0 Å². The first-order chi connectivity index (χ1) is 24.0. The van der Waals surface area contributed by atoms with Crippen molar-refractivity contribution in [2.24, 2.45) is 0 Å². The van der Waals surface area contributed by atoms with Crippen LogP contribution in [-0.2, 0) is 28.6 Å². The predicted molar refractivity (Wildman–Crippen MR) is 205 cm³/mol. The second-order valence-electron chi connectivity index (χ2n) is 13.2. The van der Waals surface area contributed by atoms with Crippen molar-refractivity contribution in [3.63, 3.8) is 0 Å². The van der Waals surface area contributed by atoms with E-state index in [9.17, 15) is 14.4 Å². The minimum atomic E-state index is -0.815. The van der Waals surface area contributed by atoms with Gasteiger partial charge in [-0.25, -0.2) is 0 Å². The number of esters is 3. The maximum Gasteiger partial charge on any atom is 0.306 e. The molecule has 0 saturated carbocycles. The lowest BCUT2D eigenvalue weighted by atomic mass is 10.1. The van der Waals surface area contributed by atoms with E-state index in [-0.39, 0.29) is 44.0 Å².